The summed E-state index contributed by atoms with van der Waals surface area (Å²) in [5.74, 6) is -0.543. The van der Waals surface area contributed by atoms with Crippen LogP contribution in [0.25, 0.3) is 21.2 Å². The summed E-state index contributed by atoms with van der Waals surface area (Å²) in [7, 11) is 1.49. The predicted molar refractivity (Wildman–Crippen MR) is 102 cm³/mol. The van der Waals surface area contributed by atoms with Gasteiger partial charge in [0.2, 0.25) is 0 Å². The third-order valence-corrected chi connectivity index (χ3v) is 5.57. The zero-order chi connectivity index (χ0) is 17.8. The Bertz CT molecular complexity index is 916. The van der Waals surface area contributed by atoms with Crippen LogP contribution in [0.2, 0.25) is 0 Å². The minimum Gasteiger partial charge on any atom is -0.504 e. The van der Waals surface area contributed by atoms with Crippen molar-refractivity contribution < 1.29 is 19.7 Å². The van der Waals surface area contributed by atoms with E-state index in [1.165, 1.54) is 30.2 Å². The van der Waals surface area contributed by atoms with E-state index in [9.17, 15) is 9.90 Å². The molecule has 0 aliphatic carbocycles. The van der Waals surface area contributed by atoms with E-state index in [4.69, 9.17) is 9.84 Å². The minimum absolute atomic E-state index is 0.0307. The van der Waals surface area contributed by atoms with Crippen LogP contribution in [0.1, 0.15) is 10.6 Å². The highest BCUT2D eigenvalue weighted by Gasteiger charge is 2.12. The molecule has 1 aromatic heterocycles. The Morgan fingerprint density at radius 2 is 2.12 bits per heavy atom. The number of hydrogen-bond donors (Lipinski definition) is 2. The molecule has 0 radical (unpaired) electrons. The van der Waals surface area contributed by atoms with E-state index in [1.807, 2.05) is 30.3 Å². The number of benzene rings is 2. The van der Waals surface area contributed by atoms with Gasteiger partial charge in [0, 0.05) is 4.91 Å². The number of ether oxygens (including phenoxy) is 1. The maximum Gasteiger partial charge on any atom is 0.313 e. The number of nitrogens with zero attached hydrogens (tertiary/aromatic N) is 1. The Balaban J connectivity index is 2.01. The Kier molecular flexibility index (Phi) is 5.25. The van der Waals surface area contributed by atoms with Gasteiger partial charge >= 0.3 is 5.97 Å². The Morgan fingerprint density at radius 3 is 2.80 bits per heavy atom. The number of aromatic hydroxyl groups is 1. The number of thioether (sulfide) groups is 1. The number of thiazole rings is 1. The second-order valence-corrected chi connectivity index (χ2v) is 7.16. The van der Waals surface area contributed by atoms with E-state index in [0.29, 0.717) is 5.75 Å². The lowest BCUT2D eigenvalue weighted by Gasteiger charge is -2.06. The monoisotopic (exact) mass is 373 g/mol. The van der Waals surface area contributed by atoms with Gasteiger partial charge in [-0.25, -0.2) is 4.98 Å². The van der Waals surface area contributed by atoms with Crippen LogP contribution in [0.15, 0.2) is 42.5 Å². The third-order valence-electron chi connectivity index (χ3n) is 3.36. The number of carboxylic acid groups (broad SMARTS) is 1. The molecule has 0 saturated carbocycles. The summed E-state index contributed by atoms with van der Waals surface area (Å²) < 4.78 is 6.08. The van der Waals surface area contributed by atoms with Crippen molar-refractivity contribution in [1.82, 2.24) is 4.98 Å². The van der Waals surface area contributed by atoms with E-state index in [0.717, 1.165) is 25.7 Å². The Hall–Kier alpha value is -2.51. The van der Waals surface area contributed by atoms with Crippen molar-refractivity contribution in [3.8, 4) is 11.5 Å². The van der Waals surface area contributed by atoms with Crippen molar-refractivity contribution >= 4 is 50.3 Å². The zero-order valence-electron chi connectivity index (χ0n) is 13.3. The average molecular weight is 373 g/mol. The molecule has 0 spiro atoms. The first-order valence-corrected chi connectivity index (χ1v) is 9.16. The van der Waals surface area contributed by atoms with E-state index in [-0.39, 0.29) is 11.5 Å². The van der Waals surface area contributed by atoms with Crippen molar-refractivity contribution in [2.24, 2.45) is 0 Å². The molecule has 0 aliphatic rings. The highest BCUT2D eigenvalue weighted by Crippen LogP contribution is 2.36. The van der Waals surface area contributed by atoms with Crippen LogP contribution >= 0.6 is 23.1 Å². The van der Waals surface area contributed by atoms with E-state index < -0.39 is 5.97 Å². The normalized spacial score (nSPS) is 11.6. The average Bonchev–Trinajstić information content (AvgIpc) is 3.02. The second-order valence-electron chi connectivity index (χ2n) is 5.11. The van der Waals surface area contributed by atoms with E-state index >= 15 is 0 Å². The lowest BCUT2D eigenvalue weighted by Crippen LogP contribution is -1.98. The van der Waals surface area contributed by atoms with Crippen LogP contribution in [-0.2, 0) is 4.79 Å². The number of phenols is 1. The van der Waals surface area contributed by atoms with Crippen molar-refractivity contribution in [3.63, 3.8) is 0 Å². The summed E-state index contributed by atoms with van der Waals surface area (Å²) in [5, 5.41) is 19.7. The quantitative estimate of drug-likeness (QED) is 0.670. The Labute approximate surface area is 152 Å². The second kappa shape index (κ2) is 7.58. The largest absolute Gasteiger partial charge is 0.504 e. The third kappa shape index (κ3) is 4.12. The lowest BCUT2D eigenvalue weighted by molar-refractivity contribution is -0.133. The van der Waals surface area contributed by atoms with Crippen LogP contribution < -0.4 is 4.74 Å². The van der Waals surface area contributed by atoms with Gasteiger partial charge in [0.1, 0.15) is 5.01 Å². The molecular weight excluding hydrogens is 358 g/mol. The van der Waals surface area contributed by atoms with Crippen LogP contribution in [0.4, 0.5) is 0 Å². The van der Waals surface area contributed by atoms with Crippen LogP contribution in [0.5, 0.6) is 11.5 Å². The summed E-state index contributed by atoms with van der Waals surface area (Å²) in [6.45, 7) is 0. The summed E-state index contributed by atoms with van der Waals surface area (Å²) >= 11 is 2.71. The molecule has 128 valence electrons. The molecule has 1 heterocycles. The molecule has 3 aromatic rings. The molecule has 7 heteroatoms. The number of aromatic nitrogens is 1. The highest BCUT2D eigenvalue weighted by atomic mass is 32.2. The van der Waals surface area contributed by atoms with Gasteiger partial charge in [-0.15, -0.1) is 23.1 Å². The minimum atomic E-state index is -0.894. The number of carbonyl (C=O) groups is 1. The van der Waals surface area contributed by atoms with Gasteiger partial charge in [-0.1, -0.05) is 18.2 Å². The fourth-order valence-corrected chi connectivity index (χ4v) is 4.08. The molecule has 0 fully saturated rings. The van der Waals surface area contributed by atoms with Crippen LogP contribution in [-0.4, -0.2) is 34.0 Å². The van der Waals surface area contributed by atoms with Crippen molar-refractivity contribution in [2.75, 3.05) is 12.9 Å². The lowest BCUT2D eigenvalue weighted by atomic mass is 10.2. The Morgan fingerprint density at radius 1 is 1.32 bits per heavy atom. The number of para-hydroxylation sites is 1. The molecule has 2 N–H and O–H groups in total. The first-order chi connectivity index (χ1) is 12.1. The zero-order valence-corrected chi connectivity index (χ0v) is 14.9. The number of aliphatic carboxylic acids is 1. The SMILES string of the molecule is COc1ccc(/C=C(/SCC(=O)O)c2nc3ccccc3s2)cc1O. The highest BCUT2D eigenvalue weighted by molar-refractivity contribution is 8.09. The van der Waals surface area contributed by atoms with Gasteiger partial charge in [-0.2, -0.15) is 0 Å². The van der Waals surface area contributed by atoms with Crippen LogP contribution in [0.3, 0.4) is 0 Å². The standard InChI is InChI=1S/C18H15NO4S2/c1-23-14-7-6-11(8-13(14)20)9-16(24-10-17(21)22)18-19-12-4-2-3-5-15(12)25-18/h2-9,20H,10H2,1H3,(H,21,22)/b16-9+. The molecule has 3 rings (SSSR count). The summed E-state index contributed by atoms with van der Waals surface area (Å²) in [6.07, 6.45) is 1.82. The van der Waals surface area contributed by atoms with Crippen molar-refractivity contribution in [2.45, 2.75) is 0 Å². The molecule has 25 heavy (non-hydrogen) atoms. The van der Waals surface area contributed by atoms with Crippen molar-refractivity contribution in [1.29, 1.82) is 0 Å². The number of fused-ring (bicyclic) bond motifs is 1. The number of rotatable bonds is 6. The number of methoxy groups -OCH3 is 1. The summed E-state index contributed by atoms with van der Waals surface area (Å²) in [5.41, 5.74) is 1.62. The first kappa shape index (κ1) is 17.3. The summed E-state index contributed by atoms with van der Waals surface area (Å²) in [6, 6.07) is 12.8. The molecule has 0 unspecified atom stereocenters. The maximum atomic E-state index is 11.0. The molecule has 5 nitrogen and oxygen atoms in total. The van der Waals surface area contributed by atoms with Gasteiger partial charge in [0.15, 0.2) is 11.5 Å². The van der Waals surface area contributed by atoms with Gasteiger partial charge in [-0.3, -0.25) is 4.79 Å². The van der Waals surface area contributed by atoms with Gasteiger partial charge in [0.25, 0.3) is 0 Å². The molecule has 0 aliphatic heterocycles. The number of hydrogen-bond acceptors (Lipinski definition) is 6. The maximum absolute atomic E-state index is 11.0. The number of carboxylic acids is 1. The smallest absolute Gasteiger partial charge is 0.313 e. The topological polar surface area (TPSA) is 79.7 Å². The molecular formula is C18H15NO4S2. The van der Waals surface area contributed by atoms with E-state index in [2.05, 4.69) is 4.98 Å². The number of phenolic OH excluding ortho intramolecular Hbond substituents is 1. The first-order valence-electron chi connectivity index (χ1n) is 7.36. The van der Waals surface area contributed by atoms with Gasteiger partial charge in [-0.05, 0) is 35.9 Å². The molecule has 0 saturated heterocycles. The molecule has 0 atom stereocenters. The predicted octanol–water partition coefficient (Wildman–Crippen LogP) is 4.33. The van der Waals surface area contributed by atoms with E-state index in [1.54, 1.807) is 18.2 Å². The molecule has 2 aromatic carbocycles. The fraction of sp³-hybridized carbons (Fsp3) is 0.111. The van der Waals surface area contributed by atoms with Gasteiger partial charge < -0.3 is 14.9 Å². The summed E-state index contributed by atoms with van der Waals surface area (Å²) in [4.78, 5) is 16.3. The molecule has 0 amide bonds. The molecule has 0 bridgehead atoms. The fourth-order valence-electron chi connectivity index (χ4n) is 2.23. The van der Waals surface area contributed by atoms with Gasteiger partial charge in [0.05, 0.1) is 23.1 Å². The van der Waals surface area contributed by atoms with Crippen molar-refractivity contribution in [3.05, 3.63) is 53.0 Å². The van der Waals surface area contributed by atoms with Crippen LogP contribution in [0, 0.1) is 0 Å².